The first kappa shape index (κ1) is 13.2. The van der Waals surface area contributed by atoms with Gasteiger partial charge in [0, 0.05) is 6.04 Å². The third-order valence-electron chi connectivity index (χ3n) is 2.94. The minimum absolute atomic E-state index is 0.144. The minimum atomic E-state index is -1.06. The van der Waals surface area contributed by atoms with Crippen LogP contribution in [-0.4, -0.2) is 29.2 Å². The van der Waals surface area contributed by atoms with Gasteiger partial charge in [-0.15, -0.1) is 11.3 Å². The van der Waals surface area contributed by atoms with Crippen LogP contribution in [0.5, 0.6) is 0 Å². The second-order valence-electron chi connectivity index (χ2n) is 4.17. The van der Waals surface area contributed by atoms with Crippen LogP contribution in [0.2, 0.25) is 4.34 Å². The van der Waals surface area contributed by atoms with E-state index in [1.54, 1.807) is 12.1 Å². The standard InChI is InChI=1S/C11H13ClN2O3S/c12-9-5-4-8(18-9)10(15)13-6-2-1-3-7(6)14-11(16)17/h4-7,14H,1-3H2,(H,13,15)(H,16,17). The lowest BCUT2D eigenvalue weighted by molar-refractivity contribution is 0.0934. The lowest BCUT2D eigenvalue weighted by Crippen LogP contribution is -2.48. The van der Waals surface area contributed by atoms with Gasteiger partial charge in [-0.25, -0.2) is 4.79 Å². The van der Waals surface area contributed by atoms with Crippen LogP contribution in [0.1, 0.15) is 28.9 Å². The molecule has 1 aliphatic carbocycles. The summed E-state index contributed by atoms with van der Waals surface area (Å²) in [6.45, 7) is 0. The number of carboxylic acid groups (broad SMARTS) is 1. The average molecular weight is 289 g/mol. The number of carbonyl (C=O) groups excluding carboxylic acids is 1. The van der Waals surface area contributed by atoms with Crippen molar-refractivity contribution in [2.24, 2.45) is 0 Å². The van der Waals surface area contributed by atoms with Crippen molar-refractivity contribution in [3.8, 4) is 0 Å². The Morgan fingerprint density at radius 3 is 2.50 bits per heavy atom. The van der Waals surface area contributed by atoms with Gasteiger partial charge >= 0.3 is 6.09 Å². The molecule has 1 aromatic heterocycles. The molecule has 3 N–H and O–H groups in total. The van der Waals surface area contributed by atoms with Gasteiger partial charge in [-0.3, -0.25) is 4.79 Å². The first-order valence-electron chi connectivity index (χ1n) is 5.62. The van der Waals surface area contributed by atoms with E-state index in [0.717, 1.165) is 19.3 Å². The summed E-state index contributed by atoms with van der Waals surface area (Å²) in [4.78, 5) is 23.1. The van der Waals surface area contributed by atoms with Crippen LogP contribution in [0.15, 0.2) is 12.1 Å². The van der Waals surface area contributed by atoms with Gasteiger partial charge in [0.1, 0.15) is 0 Å². The third kappa shape index (κ3) is 3.14. The van der Waals surface area contributed by atoms with E-state index in [4.69, 9.17) is 16.7 Å². The van der Waals surface area contributed by atoms with Crippen molar-refractivity contribution >= 4 is 34.9 Å². The van der Waals surface area contributed by atoms with Crippen molar-refractivity contribution in [2.75, 3.05) is 0 Å². The zero-order chi connectivity index (χ0) is 13.1. The molecule has 1 saturated carbocycles. The molecule has 0 bridgehead atoms. The number of thiophene rings is 1. The third-order valence-corrected chi connectivity index (χ3v) is 4.17. The van der Waals surface area contributed by atoms with Gasteiger partial charge in [0.25, 0.3) is 5.91 Å². The Hall–Kier alpha value is -1.27. The molecular formula is C11H13ClN2O3S. The Labute approximate surface area is 113 Å². The van der Waals surface area contributed by atoms with Crippen LogP contribution < -0.4 is 10.6 Å². The predicted octanol–water partition coefficient (Wildman–Crippen LogP) is 2.32. The molecule has 0 aliphatic heterocycles. The Kier molecular flexibility index (Phi) is 4.08. The maximum Gasteiger partial charge on any atom is 0.404 e. The zero-order valence-electron chi connectivity index (χ0n) is 9.48. The van der Waals surface area contributed by atoms with Gasteiger partial charge in [-0.1, -0.05) is 11.6 Å². The molecule has 0 spiro atoms. The maximum atomic E-state index is 11.9. The molecule has 2 atom stereocenters. The molecule has 1 fully saturated rings. The van der Waals surface area contributed by atoms with Gasteiger partial charge in [0.15, 0.2) is 0 Å². The molecule has 1 aliphatic rings. The molecule has 0 radical (unpaired) electrons. The number of amides is 2. The molecule has 1 aromatic rings. The number of hydrogen-bond donors (Lipinski definition) is 3. The quantitative estimate of drug-likeness (QED) is 0.799. The molecule has 2 unspecified atom stereocenters. The van der Waals surface area contributed by atoms with Gasteiger partial charge < -0.3 is 15.7 Å². The van der Waals surface area contributed by atoms with E-state index in [2.05, 4.69) is 10.6 Å². The SMILES string of the molecule is O=C(O)NC1CCCC1NC(=O)c1ccc(Cl)s1. The van der Waals surface area contributed by atoms with Crippen molar-refractivity contribution in [3.63, 3.8) is 0 Å². The molecule has 0 aromatic carbocycles. The van der Waals surface area contributed by atoms with Gasteiger partial charge in [0.2, 0.25) is 0 Å². The Morgan fingerprint density at radius 1 is 1.28 bits per heavy atom. The molecule has 7 heteroatoms. The summed E-state index contributed by atoms with van der Waals surface area (Å²) in [5, 5.41) is 14.0. The molecule has 18 heavy (non-hydrogen) atoms. The molecule has 1 heterocycles. The first-order chi connectivity index (χ1) is 8.56. The highest BCUT2D eigenvalue weighted by Crippen LogP contribution is 2.23. The summed E-state index contributed by atoms with van der Waals surface area (Å²) >= 11 is 6.98. The fraction of sp³-hybridized carbons (Fsp3) is 0.455. The van der Waals surface area contributed by atoms with Crippen LogP contribution in [0.3, 0.4) is 0 Å². The highest BCUT2D eigenvalue weighted by atomic mass is 35.5. The summed E-state index contributed by atoms with van der Waals surface area (Å²) in [5.41, 5.74) is 0. The Balaban J connectivity index is 1.96. The fourth-order valence-electron chi connectivity index (χ4n) is 2.14. The largest absolute Gasteiger partial charge is 0.465 e. The highest BCUT2D eigenvalue weighted by Gasteiger charge is 2.30. The first-order valence-corrected chi connectivity index (χ1v) is 6.81. The van der Waals surface area contributed by atoms with E-state index < -0.39 is 6.09 Å². The fourth-order valence-corrected chi connectivity index (χ4v) is 3.09. The van der Waals surface area contributed by atoms with Gasteiger partial charge in [-0.2, -0.15) is 0 Å². The summed E-state index contributed by atoms with van der Waals surface area (Å²) in [6.07, 6.45) is 1.39. The number of rotatable bonds is 3. The monoisotopic (exact) mass is 288 g/mol. The van der Waals surface area contributed by atoms with E-state index in [-0.39, 0.29) is 18.0 Å². The van der Waals surface area contributed by atoms with Crippen molar-refractivity contribution in [1.82, 2.24) is 10.6 Å². The molecule has 5 nitrogen and oxygen atoms in total. The number of carbonyl (C=O) groups is 2. The second-order valence-corrected chi connectivity index (χ2v) is 5.89. The Morgan fingerprint density at radius 2 is 1.94 bits per heavy atom. The van der Waals surface area contributed by atoms with Crippen molar-refractivity contribution < 1.29 is 14.7 Å². The van der Waals surface area contributed by atoms with E-state index in [1.165, 1.54) is 11.3 Å². The smallest absolute Gasteiger partial charge is 0.404 e. The molecule has 0 saturated heterocycles. The van der Waals surface area contributed by atoms with E-state index in [0.29, 0.717) is 9.21 Å². The summed E-state index contributed by atoms with van der Waals surface area (Å²) < 4.78 is 0.562. The summed E-state index contributed by atoms with van der Waals surface area (Å²) in [6, 6.07) is 2.98. The molecule has 98 valence electrons. The second kappa shape index (κ2) is 5.58. The highest BCUT2D eigenvalue weighted by molar-refractivity contribution is 7.17. The van der Waals surface area contributed by atoms with Crippen molar-refractivity contribution in [2.45, 2.75) is 31.3 Å². The van der Waals surface area contributed by atoms with Crippen LogP contribution >= 0.6 is 22.9 Å². The predicted molar refractivity (Wildman–Crippen MR) is 69.4 cm³/mol. The summed E-state index contributed by atoms with van der Waals surface area (Å²) in [7, 11) is 0. The zero-order valence-corrected chi connectivity index (χ0v) is 11.1. The number of hydrogen-bond acceptors (Lipinski definition) is 3. The van der Waals surface area contributed by atoms with Crippen LogP contribution in [-0.2, 0) is 0 Å². The minimum Gasteiger partial charge on any atom is -0.465 e. The van der Waals surface area contributed by atoms with Crippen molar-refractivity contribution in [3.05, 3.63) is 21.3 Å². The van der Waals surface area contributed by atoms with E-state index in [9.17, 15) is 9.59 Å². The molecule has 2 rings (SSSR count). The lowest BCUT2D eigenvalue weighted by atomic mass is 10.1. The van der Waals surface area contributed by atoms with Gasteiger partial charge in [0.05, 0.1) is 15.3 Å². The average Bonchev–Trinajstić information content (AvgIpc) is 2.88. The van der Waals surface area contributed by atoms with Gasteiger partial charge in [-0.05, 0) is 31.4 Å². The summed E-state index contributed by atoms with van der Waals surface area (Å²) in [5.74, 6) is -0.198. The normalized spacial score (nSPS) is 22.7. The van der Waals surface area contributed by atoms with E-state index in [1.807, 2.05) is 0 Å². The molecule has 2 amide bonds. The van der Waals surface area contributed by atoms with Crippen LogP contribution in [0.4, 0.5) is 4.79 Å². The van der Waals surface area contributed by atoms with Crippen LogP contribution in [0, 0.1) is 0 Å². The van der Waals surface area contributed by atoms with E-state index >= 15 is 0 Å². The lowest BCUT2D eigenvalue weighted by Gasteiger charge is -2.20. The van der Waals surface area contributed by atoms with Crippen molar-refractivity contribution in [1.29, 1.82) is 0 Å². The Bertz CT molecular complexity index is 463. The topological polar surface area (TPSA) is 78.4 Å². The number of nitrogens with one attached hydrogen (secondary N) is 2. The van der Waals surface area contributed by atoms with Crippen LogP contribution in [0.25, 0.3) is 0 Å². The number of halogens is 1. The maximum absolute atomic E-state index is 11.9. The molecular weight excluding hydrogens is 276 g/mol.